The predicted molar refractivity (Wildman–Crippen MR) is 62.3 cm³/mol. The van der Waals surface area contributed by atoms with E-state index >= 15 is 0 Å². The first kappa shape index (κ1) is 11.6. The van der Waals surface area contributed by atoms with Crippen LogP contribution in [0.5, 0.6) is 0 Å². The zero-order valence-corrected chi connectivity index (χ0v) is 10.6. The van der Waals surface area contributed by atoms with Crippen LogP contribution in [-0.4, -0.2) is 16.4 Å². The molecule has 0 spiro atoms. The zero-order chi connectivity index (χ0) is 12.0. The van der Waals surface area contributed by atoms with Gasteiger partial charge in [0.1, 0.15) is 5.76 Å². The van der Waals surface area contributed by atoms with E-state index in [0.717, 1.165) is 25.0 Å². The molecule has 1 aromatic rings. The molecule has 0 saturated heterocycles. The Morgan fingerprint density at radius 2 is 2.19 bits per heavy atom. The number of aromatic nitrogens is 1. The van der Waals surface area contributed by atoms with Gasteiger partial charge in [-0.3, -0.25) is 0 Å². The van der Waals surface area contributed by atoms with Crippen molar-refractivity contribution in [3.63, 3.8) is 0 Å². The third-order valence-electron chi connectivity index (χ3n) is 3.53. The van der Waals surface area contributed by atoms with Crippen molar-refractivity contribution in [3.05, 3.63) is 17.5 Å². The Hall–Kier alpha value is -0.830. The second-order valence-electron chi connectivity index (χ2n) is 6.28. The molecule has 3 heteroatoms. The molecular weight excluding hydrogens is 202 g/mol. The molecule has 0 radical (unpaired) electrons. The van der Waals surface area contributed by atoms with Crippen molar-refractivity contribution in [3.8, 4) is 0 Å². The van der Waals surface area contributed by atoms with Gasteiger partial charge in [0, 0.05) is 11.0 Å². The summed E-state index contributed by atoms with van der Waals surface area (Å²) in [4.78, 5) is 0. The van der Waals surface area contributed by atoms with Crippen molar-refractivity contribution in [2.45, 2.75) is 58.5 Å². The summed E-state index contributed by atoms with van der Waals surface area (Å²) in [6.07, 6.45) is 4.41. The lowest BCUT2D eigenvalue weighted by atomic mass is 9.62. The molecule has 0 aromatic carbocycles. The van der Waals surface area contributed by atoms with Gasteiger partial charge >= 0.3 is 0 Å². The average molecular weight is 223 g/mol. The maximum absolute atomic E-state index is 9.60. The minimum Gasteiger partial charge on any atom is -0.393 e. The van der Waals surface area contributed by atoms with E-state index in [-0.39, 0.29) is 16.9 Å². The van der Waals surface area contributed by atoms with E-state index in [4.69, 9.17) is 4.52 Å². The molecule has 0 fully saturated rings. The van der Waals surface area contributed by atoms with E-state index in [1.807, 2.05) is 13.1 Å². The number of rotatable bonds is 2. The molecule has 0 bridgehead atoms. The average Bonchev–Trinajstić information content (AvgIpc) is 2.47. The molecule has 0 saturated carbocycles. The van der Waals surface area contributed by atoms with Crippen LogP contribution in [-0.2, 0) is 11.8 Å². The number of hydrogen-bond acceptors (Lipinski definition) is 3. The molecule has 1 N–H and O–H groups in total. The normalized spacial score (nSPS) is 29.8. The largest absolute Gasteiger partial charge is 0.393 e. The summed E-state index contributed by atoms with van der Waals surface area (Å²) in [5, 5.41) is 13.5. The Balaban J connectivity index is 2.31. The fourth-order valence-electron chi connectivity index (χ4n) is 3.47. The van der Waals surface area contributed by atoms with Crippen molar-refractivity contribution in [2.75, 3.05) is 0 Å². The van der Waals surface area contributed by atoms with Gasteiger partial charge in [-0.2, -0.15) is 0 Å². The molecule has 2 atom stereocenters. The Morgan fingerprint density at radius 3 is 2.81 bits per heavy atom. The maximum atomic E-state index is 9.60. The van der Waals surface area contributed by atoms with Crippen molar-refractivity contribution in [1.29, 1.82) is 0 Å². The smallest absolute Gasteiger partial charge is 0.145 e. The Kier molecular flexibility index (Phi) is 2.61. The van der Waals surface area contributed by atoms with Gasteiger partial charge < -0.3 is 9.63 Å². The van der Waals surface area contributed by atoms with E-state index in [0.29, 0.717) is 0 Å². The molecule has 1 unspecified atom stereocenters. The number of hydrogen-bond donors (Lipinski definition) is 1. The number of aliphatic hydroxyl groups excluding tert-OH is 1. The molecule has 1 aromatic heterocycles. The van der Waals surface area contributed by atoms with E-state index in [9.17, 15) is 5.11 Å². The van der Waals surface area contributed by atoms with Gasteiger partial charge in [-0.15, -0.1) is 0 Å². The Morgan fingerprint density at radius 1 is 1.50 bits per heavy atom. The molecule has 0 aliphatic heterocycles. The van der Waals surface area contributed by atoms with Crippen LogP contribution in [0, 0.1) is 5.41 Å². The lowest BCUT2D eigenvalue weighted by Crippen LogP contribution is -2.37. The van der Waals surface area contributed by atoms with Crippen LogP contribution in [0.4, 0.5) is 0 Å². The zero-order valence-electron chi connectivity index (χ0n) is 10.6. The summed E-state index contributed by atoms with van der Waals surface area (Å²) < 4.78 is 5.36. The number of nitrogens with zero attached hydrogens (tertiary/aromatic N) is 1. The van der Waals surface area contributed by atoms with Crippen LogP contribution in [0.2, 0.25) is 0 Å². The number of aliphatic hydroxyl groups is 1. The highest BCUT2D eigenvalue weighted by Crippen LogP contribution is 2.47. The fraction of sp³-hybridized carbons (Fsp3) is 0.769. The second kappa shape index (κ2) is 3.59. The first-order valence-electron chi connectivity index (χ1n) is 5.95. The molecule has 1 aliphatic carbocycles. The highest BCUT2D eigenvalue weighted by atomic mass is 16.5. The molecule has 2 rings (SSSR count). The molecule has 16 heavy (non-hydrogen) atoms. The van der Waals surface area contributed by atoms with Crippen LogP contribution in [0.15, 0.2) is 10.7 Å². The maximum Gasteiger partial charge on any atom is 0.145 e. The molecule has 0 amide bonds. The van der Waals surface area contributed by atoms with Crippen LogP contribution in [0.1, 0.15) is 51.9 Å². The first-order chi connectivity index (χ1) is 7.32. The third kappa shape index (κ3) is 2.01. The molecule has 1 heterocycles. The molecule has 3 nitrogen and oxygen atoms in total. The van der Waals surface area contributed by atoms with Crippen molar-refractivity contribution >= 4 is 0 Å². The van der Waals surface area contributed by atoms with Gasteiger partial charge in [-0.25, -0.2) is 0 Å². The highest BCUT2D eigenvalue weighted by Gasteiger charge is 2.43. The van der Waals surface area contributed by atoms with Crippen molar-refractivity contribution < 1.29 is 9.63 Å². The summed E-state index contributed by atoms with van der Waals surface area (Å²) in [6, 6.07) is 0. The highest BCUT2D eigenvalue weighted by molar-refractivity contribution is 5.27. The second-order valence-corrected chi connectivity index (χ2v) is 6.28. The SMILES string of the molecule is CC(O)C[C@]1(C)Cc2cnoc2C(C)(C)C1. The topological polar surface area (TPSA) is 46.3 Å². The van der Waals surface area contributed by atoms with E-state index < -0.39 is 0 Å². The van der Waals surface area contributed by atoms with Gasteiger partial charge in [0.15, 0.2) is 0 Å². The van der Waals surface area contributed by atoms with Gasteiger partial charge in [0.2, 0.25) is 0 Å². The van der Waals surface area contributed by atoms with E-state index in [2.05, 4.69) is 25.9 Å². The lowest BCUT2D eigenvalue weighted by molar-refractivity contribution is 0.0847. The van der Waals surface area contributed by atoms with Crippen LogP contribution >= 0.6 is 0 Å². The molecule has 90 valence electrons. The van der Waals surface area contributed by atoms with Crippen molar-refractivity contribution in [1.82, 2.24) is 5.16 Å². The van der Waals surface area contributed by atoms with Gasteiger partial charge in [-0.1, -0.05) is 25.9 Å². The lowest BCUT2D eigenvalue weighted by Gasteiger charge is -2.41. The summed E-state index contributed by atoms with van der Waals surface area (Å²) in [7, 11) is 0. The summed E-state index contributed by atoms with van der Waals surface area (Å²) in [5.41, 5.74) is 1.38. The van der Waals surface area contributed by atoms with Crippen LogP contribution in [0.3, 0.4) is 0 Å². The summed E-state index contributed by atoms with van der Waals surface area (Å²) in [6.45, 7) is 8.49. The Bertz CT molecular complexity index is 381. The van der Waals surface area contributed by atoms with E-state index in [1.54, 1.807) is 0 Å². The predicted octanol–water partition coefficient (Wildman–Crippen LogP) is 2.68. The van der Waals surface area contributed by atoms with E-state index in [1.165, 1.54) is 5.56 Å². The van der Waals surface area contributed by atoms with Crippen LogP contribution in [0.25, 0.3) is 0 Å². The van der Waals surface area contributed by atoms with Crippen molar-refractivity contribution in [2.24, 2.45) is 5.41 Å². The van der Waals surface area contributed by atoms with Gasteiger partial charge in [0.25, 0.3) is 0 Å². The minimum absolute atomic E-state index is 0.0216. The summed E-state index contributed by atoms with van der Waals surface area (Å²) in [5.74, 6) is 1.02. The monoisotopic (exact) mass is 223 g/mol. The molecule has 1 aliphatic rings. The Labute approximate surface area is 96.8 Å². The molecular formula is C13H21NO2. The third-order valence-corrected chi connectivity index (χ3v) is 3.53. The first-order valence-corrected chi connectivity index (χ1v) is 5.95. The standard InChI is InChI=1S/C13H21NO2/c1-9(15)5-13(4)6-10-7-14-16-11(10)12(2,3)8-13/h7,9,15H,5-6,8H2,1-4H3/t9?,13-/m1/s1. The summed E-state index contributed by atoms with van der Waals surface area (Å²) >= 11 is 0. The van der Waals surface area contributed by atoms with Gasteiger partial charge in [-0.05, 0) is 31.6 Å². The number of fused-ring (bicyclic) bond motifs is 1. The quantitative estimate of drug-likeness (QED) is 0.838. The fourth-order valence-corrected chi connectivity index (χ4v) is 3.47. The van der Waals surface area contributed by atoms with Crippen LogP contribution < -0.4 is 0 Å². The minimum atomic E-state index is -0.248. The van der Waals surface area contributed by atoms with Gasteiger partial charge in [0.05, 0.1) is 12.3 Å².